The van der Waals surface area contributed by atoms with E-state index in [2.05, 4.69) is 11.1 Å². The molecule has 4 rings (SSSR count). The molecule has 28 heavy (non-hydrogen) atoms. The van der Waals surface area contributed by atoms with E-state index in [-0.39, 0.29) is 18.7 Å². The summed E-state index contributed by atoms with van der Waals surface area (Å²) in [6, 6.07) is 9.31. The van der Waals surface area contributed by atoms with Crippen molar-refractivity contribution < 1.29 is 9.84 Å². The van der Waals surface area contributed by atoms with E-state index in [1.807, 2.05) is 12.1 Å². The van der Waals surface area contributed by atoms with Crippen molar-refractivity contribution in [1.82, 2.24) is 9.55 Å². The molecule has 144 valence electrons. The van der Waals surface area contributed by atoms with Gasteiger partial charge in [0.2, 0.25) is 0 Å². The highest BCUT2D eigenvalue weighted by atomic mass is 32.1. The summed E-state index contributed by atoms with van der Waals surface area (Å²) in [5, 5.41) is 19.8. The van der Waals surface area contributed by atoms with Crippen molar-refractivity contribution >= 4 is 21.6 Å². The van der Waals surface area contributed by atoms with Gasteiger partial charge in [-0.05, 0) is 49.4 Å². The van der Waals surface area contributed by atoms with Crippen LogP contribution in [0.25, 0.3) is 10.2 Å². The van der Waals surface area contributed by atoms with Gasteiger partial charge in [-0.3, -0.25) is 9.36 Å². The van der Waals surface area contributed by atoms with E-state index >= 15 is 0 Å². The fourth-order valence-corrected chi connectivity index (χ4v) is 4.94. The number of benzene rings is 1. The van der Waals surface area contributed by atoms with Crippen molar-refractivity contribution in [3.63, 3.8) is 0 Å². The van der Waals surface area contributed by atoms with Crippen LogP contribution in [0.5, 0.6) is 5.75 Å². The Labute approximate surface area is 166 Å². The van der Waals surface area contributed by atoms with Crippen molar-refractivity contribution in [3.05, 3.63) is 56.4 Å². The van der Waals surface area contributed by atoms with E-state index in [0.717, 1.165) is 40.6 Å². The molecule has 0 radical (unpaired) electrons. The quantitative estimate of drug-likeness (QED) is 0.693. The standard InChI is InChI=1S/C21H21N3O3S/c1-13-23-20-19(17-3-2-4-18(17)28-20)21(26)24(13)11-15(25)12-27-16-7-5-14(6-8-16)9-10-22/h5-8,15,25H,2-4,9,11-12H2,1H3. The second-order valence-electron chi connectivity index (χ2n) is 7.06. The van der Waals surface area contributed by atoms with Gasteiger partial charge in [-0.25, -0.2) is 4.98 Å². The fraction of sp³-hybridized carbons (Fsp3) is 0.381. The molecule has 2 aromatic heterocycles. The average Bonchev–Trinajstić information content (AvgIpc) is 3.25. The Morgan fingerprint density at radius 1 is 1.36 bits per heavy atom. The van der Waals surface area contributed by atoms with Crippen LogP contribution in [0.3, 0.4) is 0 Å². The number of aromatic nitrogens is 2. The van der Waals surface area contributed by atoms with Gasteiger partial charge in [-0.2, -0.15) is 5.26 Å². The number of nitrogens with zero attached hydrogens (tertiary/aromatic N) is 3. The minimum absolute atomic E-state index is 0.0678. The van der Waals surface area contributed by atoms with Gasteiger partial charge in [0.15, 0.2) is 0 Å². The highest BCUT2D eigenvalue weighted by Crippen LogP contribution is 2.34. The Bertz CT molecular complexity index is 1110. The van der Waals surface area contributed by atoms with E-state index in [1.165, 1.54) is 4.88 Å². The predicted molar refractivity (Wildman–Crippen MR) is 108 cm³/mol. The van der Waals surface area contributed by atoms with Crippen LogP contribution in [-0.4, -0.2) is 27.4 Å². The number of ether oxygens (including phenoxy) is 1. The van der Waals surface area contributed by atoms with Gasteiger partial charge in [0, 0.05) is 4.88 Å². The number of hydrogen-bond acceptors (Lipinski definition) is 6. The van der Waals surface area contributed by atoms with E-state index < -0.39 is 6.10 Å². The number of aliphatic hydroxyl groups excluding tert-OH is 1. The van der Waals surface area contributed by atoms with Gasteiger partial charge in [0.25, 0.3) is 5.56 Å². The summed E-state index contributed by atoms with van der Waals surface area (Å²) in [5.74, 6) is 1.23. The molecule has 0 fully saturated rings. The number of hydrogen-bond donors (Lipinski definition) is 1. The van der Waals surface area contributed by atoms with Crippen molar-refractivity contribution in [3.8, 4) is 11.8 Å². The third kappa shape index (κ3) is 3.53. The number of aliphatic hydroxyl groups is 1. The van der Waals surface area contributed by atoms with Crippen molar-refractivity contribution in [2.24, 2.45) is 0 Å². The molecule has 2 heterocycles. The number of nitriles is 1. The monoisotopic (exact) mass is 395 g/mol. The molecular weight excluding hydrogens is 374 g/mol. The molecule has 0 amide bonds. The van der Waals surface area contributed by atoms with Gasteiger partial charge in [-0.15, -0.1) is 11.3 Å². The first-order valence-corrected chi connectivity index (χ1v) is 10.2. The largest absolute Gasteiger partial charge is 0.491 e. The van der Waals surface area contributed by atoms with Crippen molar-refractivity contribution in [2.75, 3.05) is 6.61 Å². The topological polar surface area (TPSA) is 88.1 Å². The molecule has 0 saturated heterocycles. The molecule has 6 nitrogen and oxygen atoms in total. The smallest absolute Gasteiger partial charge is 0.262 e. The summed E-state index contributed by atoms with van der Waals surface area (Å²) in [6.45, 7) is 2.02. The molecule has 7 heteroatoms. The third-order valence-corrected chi connectivity index (χ3v) is 6.24. The predicted octanol–water partition coefficient (Wildman–Crippen LogP) is 2.76. The van der Waals surface area contributed by atoms with Gasteiger partial charge in [0.05, 0.1) is 24.4 Å². The Balaban J connectivity index is 1.48. The van der Waals surface area contributed by atoms with E-state index in [9.17, 15) is 9.90 Å². The fourth-order valence-electron chi connectivity index (χ4n) is 3.64. The van der Waals surface area contributed by atoms with Crippen LogP contribution >= 0.6 is 11.3 Å². The summed E-state index contributed by atoms with van der Waals surface area (Å²) < 4.78 is 7.19. The Hall–Kier alpha value is -2.69. The molecule has 1 aromatic carbocycles. The van der Waals surface area contributed by atoms with Crippen molar-refractivity contribution in [2.45, 2.75) is 45.3 Å². The molecule has 0 aliphatic heterocycles. The minimum Gasteiger partial charge on any atom is -0.491 e. The van der Waals surface area contributed by atoms with Gasteiger partial charge >= 0.3 is 0 Å². The maximum Gasteiger partial charge on any atom is 0.262 e. The van der Waals surface area contributed by atoms with Crippen LogP contribution in [0.4, 0.5) is 0 Å². The lowest BCUT2D eigenvalue weighted by atomic mass is 10.2. The summed E-state index contributed by atoms with van der Waals surface area (Å²) in [6.07, 6.45) is 2.57. The Morgan fingerprint density at radius 2 is 2.14 bits per heavy atom. The normalized spacial score (nSPS) is 14.0. The molecule has 1 aliphatic rings. The number of aryl methyl sites for hydroxylation is 3. The van der Waals surface area contributed by atoms with Crippen LogP contribution in [-0.2, 0) is 25.8 Å². The Kier molecular flexibility index (Phi) is 5.16. The van der Waals surface area contributed by atoms with Crippen LogP contribution in [0.1, 0.15) is 28.2 Å². The summed E-state index contributed by atoms with van der Waals surface area (Å²) >= 11 is 1.62. The second kappa shape index (κ2) is 7.74. The third-order valence-electron chi connectivity index (χ3n) is 5.06. The molecular formula is C21H21N3O3S. The van der Waals surface area contributed by atoms with Gasteiger partial charge in [-0.1, -0.05) is 12.1 Å². The molecule has 3 aromatic rings. The molecule has 0 spiro atoms. The number of fused-ring (bicyclic) bond motifs is 3. The van der Waals surface area contributed by atoms with Crippen LogP contribution < -0.4 is 10.3 Å². The zero-order valence-corrected chi connectivity index (χ0v) is 16.5. The number of thiophene rings is 1. The maximum absolute atomic E-state index is 13.0. The van der Waals surface area contributed by atoms with Crippen LogP contribution in [0, 0.1) is 18.3 Å². The average molecular weight is 395 g/mol. The minimum atomic E-state index is -0.832. The van der Waals surface area contributed by atoms with Crippen LogP contribution in [0.15, 0.2) is 29.1 Å². The number of rotatable bonds is 6. The summed E-state index contributed by atoms with van der Waals surface area (Å²) in [7, 11) is 0. The summed E-state index contributed by atoms with van der Waals surface area (Å²) in [4.78, 5) is 19.7. The molecule has 1 aliphatic carbocycles. The first-order chi connectivity index (χ1) is 13.6. The molecule has 1 unspecified atom stereocenters. The Morgan fingerprint density at radius 3 is 2.89 bits per heavy atom. The molecule has 0 saturated carbocycles. The molecule has 0 bridgehead atoms. The first-order valence-electron chi connectivity index (χ1n) is 9.35. The van der Waals surface area contributed by atoms with Gasteiger partial charge in [0.1, 0.15) is 29.1 Å². The lowest BCUT2D eigenvalue weighted by Gasteiger charge is -2.16. The van der Waals surface area contributed by atoms with E-state index in [0.29, 0.717) is 18.0 Å². The van der Waals surface area contributed by atoms with E-state index in [1.54, 1.807) is 35.0 Å². The zero-order valence-electron chi connectivity index (χ0n) is 15.6. The van der Waals surface area contributed by atoms with Crippen LogP contribution in [0.2, 0.25) is 0 Å². The highest BCUT2D eigenvalue weighted by Gasteiger charge is 2.23. The molecule has 1 atom stereocenters. The lowest BCUT2D eigenvalue weighted by Crippen LogP contribution is -2.32. The van der Waals surface area contributed by atoms with Gasteiger partial charge < -0.3 is 9.84 Å². The second-order valence-corrected chi connectivity index (χ2v) is 8.14. The highest BCUT2D eigenvalue weighted by molar-refractivity contribution is 7.18. The first kappa shape index (κ1) is 18.7. The van der Waals surface area contributed by atoms with E-state index in [4.69, 9.17) is 10.00 Å². The lowest BCUT2D eigenvalue weighted by molar-refractivity contribution is 0.0909. The summed E-state index contributed by atoms with van der Waals surface area (Å²) in [5.41, 5.74) is 2.00. The van der Waals surface area contributed by atoms with Crippen molar-refractivity contribution in [1.29, 1.82) is 5.26 Å². The SMILES string of the molecule is Cc1nc2sc3c(c2c(=O)n1CC(O)COc1ccc(CC#N)cc1)CCC3. The zero-order chi connectivity index (χ0) is 19.7. The maximum atomic E-state index is 13.0. The molecule has 1 N–H and O–H groups in total.